The van der Waals surface area contributed by atoms with Crippen molar-refractivity contribution in [3.63, 3.8) is 0 Å². The highest BCUT2D eigenvalue weighted by molar-refractivity contribution is 8.08. The molecule has 0 aromatic carbocycles. The van der Waals surface area contributed by atoms with Gasteiger partial charge in [0, 0.05) is 0 Å². The topological polar surface area (TPSA) is 0 Å². The predicted molar refractivity (Wildman–Crippen MR) is 53.9 cm³/mol. The summed E-state index contributed by atoms with van der Waals surface area (Å²) in [5.74, 6) is 0.631. The van der Waals surface area contributed by atoms with Gasteiger partial charge >= 0.3 is 0 Å². The Hall–Kier alpha value is -0.105. The van der Waals surface area contributed by atoms with Gasteiger partial charge in [-0.15, -0.1) is 11.8 Å². The van der Waals surface area contributed by atoms with Gasteiger partial charge in [0.2, 0.25) is 0 Å². The Morgan fingerprint density at radius 3 is 2.20 bits per heavy atom. The summed E-state index contributed by atoms with van der Waals surface area (Å²) in [7, 11) is 2.04. The molecular formula is C8H15BS. The minimum atomic E-state index is 0.631. The van der Waals surface area contributed by atoms with E-state index in [1.54, 1.807) is 11.8 Å². The first-order chi connectivity index (χ1) is 4.57. The Balaban J connectivity index is 3.99. The van der Waals surface area contributed by atoms with Crippen LogP contribution in [0.5, 0.6) is 0 Å². The van der Waals surface area contributed by atoms with Crippen molar-refractivity contribution in [3.8, 4) is 0 Å². The summed E-state index contributed by atoms with van der Waals surface area (Å²) in [6, 6.07) is 0. The molecule has 0 saturated carbocycles. The van der Waals surface area contributed by atoms with Crippen LogP contribution in [0.15, 0.2) is 22.4 Å². The lowest BCUT2D eigenvalue weighted by molar-refractivity contribution is 0.815. The predicted octanol–water partition coefficient (Wildman–Crippen LogP) is 2.38. The lowest BCUT2D eigenvalue weighted by Crippen LogP contribution is -1.88. The van der Waals surface area contributed by atoms with Crippen molar-refractivity contribution in [3.05, 3.63) is 22.4 Å². The SMILES string of the molecule is BC(=C)S/C(=C\C)C(C)C. The van der Waals surface area contributed by atoms with E-state index in [2.05, 4.69) is 33.4 Å². The molecule has 0 unspecified atom stereocenters. The average molecular weight is 154 g/mol. The van der Waals surface area contributed by atoms with E-state index in [1.165, 1.54) is 9.71 Å². The van der Waals surface area contributed by atoms with Gasteiger partial charge in [-0.05, 0) is 17.7 Å². The monoisotopic (exact) mass is 154 g/mol. The largest absolute Gasteiger partial charge is 0.147 e. The first kappa shape index (κ1) is 9.89. The molecule has 0 aromatic rings. The molecular weight excluding hydrogens is 139 g/mol. The van der Waals surface area contributed by atoms with Crippen LogP contribution in [0.3, 0.4) is 0 Å². The summed E-state index contributed by atoms with van der Waals surface area (Å²) in [6.45, 7) is 10.3. The van der Waals surface area contributed by atoms with E-state index in [0.29, 0.717) is 5.92 Å². The molecule has 0 aliphatic rings. The molecule has 0 amide bonds. The number of hydrogen-bond donors (Lipinski definition) is 0. The van der Waals surface area contributed by atoms with E-state index in [9.17, 15) is 0 Å². The maximum Gasteiger partial charge on any atom is 0.147 e. The third-order valence-corrected chi connectivity index (χ3v) is 2.44. The Kier molecular flexibility index (Phi) is 4.62. The standard InChI is InChI=1S/C8H15BS/c1-5-8(6(2)3)10-7(4)9/h5-6H,4,9H2,1-3H3/b8-5-. The number of thioether (sulfide) groups is 1. The summed E-state index contributed by atoms with van der Waals surface area (Å²) in [5.41, 5.74) is 0. The molecule has 0 aliphatic heterocycles. The molecule has 0 radical (unpaired) electrons. The molecule has 0 atom stereocenters. The van der Waals surface area contributed by atoms with Gasteiger partial charge in [-0.3, -0.25) is 0 Å². The number of rotatable bonds is 3. The Labute approximate surface area is 69.2 Å². The second kappa shape index (κ2) is 4.67. The van der Waals surface area contributed by atoms with Gasteiger partial charge in [-0.2, -0.15) is 0 Å². The second-order valence-electron chi connectivity index (χ2n) is 2.65. The zero-order valence-electron chi connectivity index (χ0n) is 7.27. The summed E-state index contributed by atoms with van der Waals surface area (Å²) in [5, 5.41) is 0. The van der Waals surface area contributed by atoms with Gasteiger partial charge in [0.25, 0.3) is 0 Å². The van der Waals surface area contributed by atoms with E-state index in [0.717, 1.165) is 0 Å². The summed E-state index contributed by atoms with van der Waals surface area (Å²) in [6.07, 6.45) is 2.16. The second-order valence-corrected chi connectivity index (χ2v) is 4.02. The number of allylic oxidation sites excluding steroid dienone is 2. The molecule has 0 heterocycles. The molecule has 0 aromatic heterocycles. The highest BCUT2D eigenvalue weighted by Crippen LogP contribution is 2.27. The van der Waals surface area contributed by atoms with Crippen molar-refractivity contribution in [2.24, 2.45) is 5.92 Å². The molecule has 0 rings (SSSR count). The van der Waals surface area contributed by atoms with Gasteiger partial charge < -0.3 is 0 Å². The zero-order chi connectivity index (χ0) is 8.15. The number of hydrogen-bond acceptors (Lipinski definition) is 1. The fraction of sp³-hybridized carbons (Fsp3) is 0.500. The Morgan fingerprint density at radius 1 is 1.60 bits per heavy atom. The molecule has 0 bridgehead atoms. The minimum absolute atomic E-state index is 0.631. The van der Waals surface area contributed by atoms with Crippen molar-refractivity contribution in [2.75, 3.05) is 0 Å². The van der Waals surface area contributed by atoms with Crippen molar-refractivity contribution in [2.45, 2.75) is 20.8 Å². The van der Waals surface area contributed by atoms with Crippen molar-refractivity contribution >= 4 is 19.6 Å². The molecule has 10 heavy (non-hydrogen) atoms. The van der Waals surface area contributed by atoms with Crippen LogP contribution in [0.4, 0.5) is 0 Å². The first-order valence-electron chi connectivity index (χ1n) is 3.57. The van der Waals surface area contributed by atoms with E-state index < -0.39 is 0 Å². The van der Waals surface area contributed by atoms with Crippen LogP contribution >= 0.6 is 11.8 Å². The molecule has 0 saturated heterocycles. The first-order valence-corrected chi connectivity index (χ1v) is 4.39. The van der Waals surface area contributed by atoms with Crippen LogP contribution in [-0.4, -0.2) is 7.85 Å². The third-order valence-electron chi connectivity index (χ3n) is 1.15. The van der Waals surface area contributed by atoms with Crippen LogP contribution in [0.1, 0.15) is 20.8 Å². The molecule has 0 fully saturated rings. The molecule has 56 valence electrons. The molecule has 0 aliphatic carbocycles. The van der Waals surface area contributed by atoms with Crippen molar-refractivity contribution in [1.82, 2.24) is 0 Å². The van der Waals surface area contributed by atoms with Gasteiger partial charge in [-0.25, -0.2) is 0 Å². The normalized spacial score (nSPS) is 12.2. The average Bonchev–Trinajstić information content (AvgIpc) is 1.81. The van der Waals surface area contributed by atoms with E-state index in [4.69, 9.17) is 0 Å². The minimum Gasteiger partial charge on any atom is -0.110 e. The zero-order valence-corrected chi connectivity index (χ0v) is 8.09. The smallest absolute Gasteiger partial charge is 0.110 e. The van der Waals surface area contributed by atoms with E-state index in [1.807, 2.05) is 7.85 Å². The summed E-state index contributed by atoms with van der Waals surface area (Å²) < 4.78 is 0. The van der Waals surface area contributed by atoms with Crippen molar-refractivity contribution in [1.29, 1.82) is 0 Å². The molecule has 2 heteroatoms. The fourth-order valence-corrected chi connectivity index (χ4v) is 1.47. The fourth-order valence-electron chi connectivity index (χ4n) is 0.711. The lowest BCUT2D eigenvalue weighted by atomic mass is 10.2. The quantitative estimate of drug-likeness (QED) is 0.562. The maximum absolute atomic E-state index is 3.85. The molecule has 0 spiro atoms. The van der Waals surface area contributed by atoms with Gasteiger partial charge in [-0.1, -0.05) is 31.3 Å². The van der Waals surface area contributed by atoms with Crippen LogP contribution in [-0.2, 0) is 0 Å². The van der Waals surface area contributed by atoms with E-state index in [-0.39, 0.29) is 0 Å². The Bertz CT molecular complexity index is 147. The van der Waals surface area contributed by atoms with Crippen LogP contribution in [0.25, 0.3) is 0 Å². The van der Waals surface area contributed by atoms with Gasteiger partial charge in [0.15, 0.2) is 0 Å². The van der Waals surface area contributed by atoms with Crippen LogP contribution in [0, 0.1) is 5.92 Å². The van der Waals surface area contributed by atoms with Gasteiger partial charge in [0.1, 0.15) is 7.85 Å². The van der Waals surface area contributed by atoms with E-state index >= 15 is 0 Å². The van der Waals surface area contributed by atoms with Gasteiger partial charge in [0.05, 0.1) is 0 Å². The lowest BCUT2D eigenvalue weighted by Gasteiger charge is -2.08. The van der Waals surface area contributed by atoms with Crippen LogP contribution < -0.4 is 0 Å². The Morgan fingerprint density at radius 2 is 2.10 bits per heavy atom. The summed E-state index contributed by atoms with van der Waals surface area (Å²) in [4.78, 5) is 2.58. The highest BCUT2D eigenvalue weighted by atomic mass is 32.2. The summed E-state index contributed by atoms with van der Waals surface area (Å²) >= 11 is 1.77. The third kappa shape index (κ3) is 3.83. The highest BCUT2D eigenvalue weighted by Gasteiger charge is 2.01. The maximum atomic E-state index is 3.85. The van der Waals surface area contributed by atoms with Crippen LogP contribution in [0.2, 0.25) is 0 Å². The molecule has 0 nitrogen and oxygen atoms in total. The molecule has 0 N–H and O–H groups in total. The van der Waals surface area contributed by atoms with Crippen molar-refractivity contribution < 1.29 is 0 Å².